The van der Waals surface area contributed by atoms with Crippen LogP contribution in [0.5, 0.6) is 5.75 Å². The highest BCUT2D eigenvalue weighted by Crippen LogP contribution is 2.35. The minimum absolute atomic E-state index is 0.373. The molecule has 0 aliphatic rings. The fourth-order valence-corrected chi connectivity index (χ4v) is 2.81. The van der Waals surface area contributed by atoms with Crippen LogP contribution in [0.2, 0.25) is 5.02 Å². The van der Waals surface area contributed by atoms with Crippen molar-refractivity contribution in [2.45, 2.75) is 13.0 Å². The number of nitrogens with one attached hydrogen (secondary N) is 1. The maximum Gasteiger partial charge on any atom is 0.284 e. The van der Waals surface area contributed by atoms with Gasteiger partial charge in [0.2, 0.25) is 0 Å². The standard InChI is InChI=1S/C13H12ClIN2O3/c1-7(13(18)17-19-2)20-12-10(15)6-9(14)8-4-3-5-16-11(8)12/h3-7H,1-2H3,(H,17,18)/t7-/m0/s1. The van der Waals surface area contributed by atoms with Crippen molar-refractivity contribution in [3.63, 3.8) is 0 Å². The fourth-order valence-electron chi connectivity index (χ4n) is 1.67. The van der Waals surface area contributed by atoms with E-state index in [9.17, 15) is 4.79 Å². The maximum absolute atomic E-state index is 11.7. The highest BCUT2D eigenvalue weighted by molar-refractivity contribution is 14.1. The molecule has 0 spiro atoms. The number of benzene rings is 1. The van der Waals surface area contributed by atoms with Crippen LogP contribution in [0.3, 0.4) is 0 Å². The van der Waals surface area contributed by atoms with Crippen LogP contribution in [0.15, 0.2) is 24.4 Å². The van der Waals surface area contributed by atoms with Gasteiger partial charge in [-0.25, -0.2) is 5.48 Å². The molecular formula is C13H12ClIN2O3. The zero-order chi connectivity index (χ0) is 14.7. The van der Waals surface area contributed by atoms with Crippen LogP contribution in [-0.4, -0.2) is 24.1 Å². The molecule has 1 aromatic carbocycles. The summed E-state index contributed by atoms with van der Waals surface area (Å²) in [6, 6.07) is 5.43. The predicted molar refractivity (Wildman–Crippen MR) is 84.7 cm³/mol. The zero-order valence-corrected chi connectivity index (χ0v) is 13.7. The predicted octanol–water partition coefficient (Wildman–Crippen LogP) is 2.94. The molecule has 1 N–H and O–H groups in total. The minimum atomic E-state index is -0.713. The molecule has 2 aromatic rings. The van der Waals surface area contributed by atoms with Gasteiger partial charge in [0.25, 0.3) is 5.91 Å². The number of hydrogen-bond acceptors (Lipinski definition) is 4. The van der Waals surface area contributed by atoms with Crippen LogP contribution in [-0.2, 0) is 9.63 Å². The van der Waals surface area contributed by atoms with E-state index in [-0.39, 0.29) is 5.91 Å². The third-order valence-electron chi connectivity index (χ3n) is 2.62. The third-order valence-corrected chi connectivity index (χ3v) is 3.73. The highest BCUT2D eigenvalue weighted by Gasteiger charge is 2.19. The summed E-state index contributed by atoms with van der Waals surface area (Å²) < 4.78 is 6.49. The molecular weight excluding hydrogens is 395 g/mol. The number of hydrogen-bond donors (Lipinski definition) is 1. The SMILES string of the molecule is CONC(=O)[C@H](C)Oc1c(I)cc(Cl)c2cccnc12. The lowest BCUT2D eigenvalue weighted by Gasteiger charge is -2.16. The molecule has 0 saturated carbocycles. The van der Waals surface area contributed by atoms with E-state index in [2.05, 4.69) is 37.9 Å². The number of carbonyl (C=O) groups is 1. The molecule has 20 heavy (non-hydrogen) atoms. The lowest BCUT2D eigenvalue weighted by molar-refractivity contribution is -0.137. The Bertz CT molecular complexity index is 651. The summed E-state index contributed by atoms with van der Waals surface area (Å²) in [5, 5.41) is 1.38. The van der Waals surface area contributed by atoms with Gasteiger partial charge < -0.3 is 4.74 Å². The summed E-state index contributed by atoms with van der Waals surface area (Å²) in [5.41, 5.74) is 2.86. The number of pyridine rings is 1. The average molecular weight is 407 g/mol. The molecule has 7 heteroatoms. The Morgan fingerprint density at radius 3 is 3.00 bits per heavy atom. The van der Waals surface area contributed by atoms with Gasteiger partial charge in [0.1, 0.15) is 5.52 Å². The largest absolute Gasteiger partial charge is 0.477 e. The Morgan fingerprint density at radius 2 is 2.30 bits per heavy atom. The van der Waals surface area contributed by atoms with E-state index >= 15 is 0 Å². The van der Waals surface area contributed by atoms with E-state index in [0.717, 1.165) is 8.96 Å². The normalized spacial score (nSPS) is 12.2. The number of carbonyl (C=O) groups excluding carboxylic acids is 1. The number of amides is 1. The molecule has 1 atom stereocenters. The quantitative estimate of drug-likeness (QED) is 0.626. The monoisotopic (exact) mass is 406 g/mol. The van der Waals surface area contributed by atoms with Crippen molar-refractivity contribution < 1.29 is 14.4 Å². The van der Waals surface area contributed by atoms with Crippen LogP contribution in [0, 0.1) is 3.57 Å². The van der Waals surface area contributed by atoms with Crippen molar-refractivity contribution in [1.29, 1.82) is 0 Å². The smallest absolute Gasteiger partial charge is 0.284 e. The number of fused-ring (bicyclic) bond motifs is 1. The first-order chi connectivity index (χ1) is 9.54. The number of hydroxylamine groups is 1. The second-order valence-electron chi connectivity index (χ2n) is 4.00. The van der Waals surface area contributed by atoms with Crippen LogP contribution in [0.4, 0.5) is 0 Å². The molecule has 0 aliphatic carbocycles. The minimum Gasteiger partial charge on any atom is -0.477 e. The van der Waals surface area contributed by atoms with Crippen molar-refractivity contribution >= 4 is 51.0 Å². The fraction of sp³-hybridized carbons (Fsp3) is 0.231. The molecule has 1 heterocycles. The Balaban J connectivity index is 2.41. The Labute approximate surface area is 134 Å². The van der Waals surface area contributed by atoms with Crippen molar-refractivity contribution in [2.24, 2.45) is 0 Å². The topological polar surface area (TPSA) is 60.5 Å². The molecule has 5 nitrogen and oxygen atoms in total. The van der Waals surface area contributed by atoms with E-state index in [0.29, 0.717) is 16.3 Å². The molecule has 1 amide bonds. The molecule has 0 unspecified atom stereocenters. The molecule has 0 radical (unpaired) electrons. The first-order valence-electron chi connectivity index (χ1n) is 5.76. The summed E-state index contributed by atoms with van der Waals surface area (Å²) in [6.45, 7) is 1.63. The molecule has 0 fully saturated rings. The lowest BCUT2D eigenvalue weighted by Crippen LogP contribution is -2.35. The van der Waals surface area contributed by atoms with Crippen molar-refractivity contribution in [1.82, 2.24) is 10.5 Å². The Morgan fingerprint density at radius 1 is 1.55 bits per heavy atom. The number of nitrogens with zero attached hydrogens (tertiary/aromatic N) is 1. The summed E-state index contributed by atoms with van der Waals surface area (Å²) in [7, 11) is 1.37. The molecule has 0 bridgehead atoms. The van der Waals surface area contributed by atoms with E-state index in [4.69, 9.17) is 16.3 Å². The molecule has 2 rings (SSSR count). The van der Waals surface area contributed by atoms with Crippen molar-refractivity contribution in [3.8, 4) is 5.75 Å². The lowest BCUT2D eigenvalue weighted by atomic mass is 10.2. The molecule has 1 aromatic heterocycles. The van der Waals surface area contributed by atoms with E-state index in [1.165, 1.54) is 7.11 Å². The van der Waals surface area contributed by atoms with Gasteiger partial charge in [-0.3, -0.25) is 14.6 Å². The van der Waals surface area contributed by atoms with Gasteiger partial charge in [-0.05, 0) is 47.7 Å². The zero-order valence-electron chi connectivity index (χ0n) is 10.8. The number of aromatic nitrogens is 1. The first kappa shape index (κ1) is 15.3. The second-order valence-corrected chi connectivity index (χ2v) is 5.57. The Kier molecular flexibility index (Phi) is 5.00. The van der Waals surface area contributed by atoms with Gasteiger partial charge in [0, 0.05) is 11.6 Å². The van der Waals surface area contributed by atoms with E-state index in [1.807, 2.05) is 6.07 Å². The Hall–Kier alpha value is -1.12. The molecule has 0 saturated heterocycles. The second kappa shape index (κ2) is 6.55. The van der Waals surface area contributed by atoms with Gasteiger partial charge in [-0.15, -0.1) is 0 Å². The van der Waals surface area contributed by atoms with Crippen LogP contribution < -0.4 is 10.2 Å². The van der Waals surface area contributed by atoms with Crippen LogP contribution in [0.1, 0.15) is 6.92 Å². The number of rotatable bonds is 4. The van der Waals surface area contributed by atoms with Crippen LogP contribution in [0.25, 0.3) is 10.9 Å². The summed E-state index contributed by atoms with van der Waals surface area (Å²) >= 11 is 8.28. The molecule has 106 valence electrons. The third kappa shape index (κ3) is 3.13. The van der Waals surface area contributed by atoms with E-state index in [1.54, 1.807) is 25.3 Å². The number of ether oxygens (including phenoxy) is 1. The van der Waals surface area contributed by atoms with E-state index < -0.39 is 6.10 Å². The summed E-state index contributed by atoms with van der Waals surface area (Å²) in [4.78, 5) is 20.5. The first-order valence-corrected chi connectivity index (χ1v) is 7.22. The molecule has 0 aliphatic heterocycles. The summed E-state index contributed by atoms with van der Waals surface area (Å²) in [5.74, 6) is 0.159. The van der Waals surface area contributed by atoms with Gasteiger partial charge in [-0.1, -0.05) is 11.6 Å². The van der Waals surface area contributed by atoms with Gasteiger partial charge in [0.05, 0.1) is 15.7 Å². The van der Waals surface area contributed by atoms with Crippen molar-refractivity contribution in [2.75, 3.05) is 7.11 Å². The van der Waals surface area contributed by atoms with Gasteiger partial charge in [-0.2, -0.15) is 0 Å². The van der Waals surface area contributed by atoms with Crippen molar-refractivity contribution in [3.05, 3.63) is 33.0 Å². The highest BCUT2D eigenvalue weighted by atomic mass is 127. The summed E-state index contributed by atoms with van der Waals surface area (Å²) in [6.07, 6.45) is 0.941. The van der Waals surface area contributed by atoms with Crippen LogP contribution >= 0.6 is 34.2 Å². The maximum atomic E-state index is 11.7. The number of halogens is 2. The van der Waals surface area contributed by atoms with Gasteiger partial charge in [0.15, 0.2) is 11.9 Å². The average Bonchev–Trinajstić information content (AvgIpc) is 2.43. The van der Waals surface area contributed by atoms with Gasteiger partial charge >= 0.3 is 0 Å².